The molecule has 2 aliphatic rings. The summed E-state index contributed by atoms with van der Waals surface area (Å²) in [6, 6.07) is 11.0. The van der Waals surface area contributed by atoms with Crippen LogP contribution in [0.3, 0.4) is 0 Å². The van der Waals surface area contributed by atoms with Crippen LogP contribution in [-0.2, 0) is 27.3 Å². The van der Waals surface area contributed by atoms with Crippen LogP contribution in [0.1, 0.15) is 48.8 Å². The lowest BCUT2D eigenvalue weighted by atomic mass is 9.92. The van der Waals surface area contributed by atoms with Crippen molar-refractivity contribution < 1.29 is 33.8 Å². The van der Waals surface area contributed by atoms with Gasteiger partial charge in [-0.2, -0.15) is 0 Å². The van der Waals surface area contributed by atoms with Crippen molar-refractivity contribution in [2.45, 2.75) is 69.2 Å². The van der Waals surface area contributed by atoms with Crippen LogP contribution in [0.25, 0.3) is 0 Å². The minimum absolute atomic E-state index is 0.00223. The van der Waals surface area contributed by atoms with E-state index in [-0.39, 0.29) is 37.8 Å². The Labute approximate surface area is 270 Å². The number of para-hydroxylation sites is 1. The van der Waals surface area contributed by atoms with Crippen LogP contribution in [0.2, 0.25) is 5.02 Å². The minimum Gasteiger partial charge on any atom is -0.490 e. The highest BCUT2D eigenvalue weighted by atomic mass is 35.5. The third kappa shape index (κ3) is 7.30. The van der Waals surface area contributed by atoms with E-state index in [9.17, 15) is 24.6 Å². The summed E-state index contributed by atoms with van der Waals surface area (Å²) in [5, 5.41) is 28.3. The minimum atomic E-state index is -1.59. The summed E-state index contributed by atoms with van der Waals surface area (Å²) in [5.41, 5.74) is 2.34. The van der Waals surface area contributed by atoms with Crippen molar-refractivity contribution in [3.05, 3.63) is 82.5 Å². The van der Waals surface area contributed by atoms with Gasteiger partial charge in [0, 0.05) is 34.2 Å². The van der Waals surface area contributed by atoms with Crippen molar-refractivity contribution in [3.63, 3.8) is 0 Å². The summed E-state index contributed by atoms with van der Waals surface area (Å²) in [6.07, 6.45) is -0.0839. The summed E-state index contributed by atoms with van der Waals surface area (Å²) < 4.78 is 10.3. The molecule has 0 radical (unpaired) electrons. The van der Waals surface area contributed by atoms with E-state index in [0.717, 1.165) is 11.1 Å². The number of ether oxygens (including phenoxy) is 1. The number of halogens is 1. The fourth-order valence-electron chi connectivity index (χ4n) is 5.80. The fourth-order valence-corrected chi connectivity index (χ4v) is 7.23. The van der Waals surface area contributed by atoms with Gasteiger partial charge < -0.3 is 34.9 Å². The first-order chi connectivity index (χ1) is 21.5. The normalized spacial score (nSPS) is 21.7. The van der Waals surface area contributed by atoms with Crippen LogP contribution >= 0.6 is 23.4 Å². The molecule has 1 fully saturated rings. The Morgan fingerprint density at radius 3 is 2.71 bits per heavy atom. The topological polar surface area (TPSA) is 154 Å². The molecule has 0 unspecified atom stereocenters. The summed E-state index contributed by atoms with van der Waals surface area (Å²) in [5.74, 6) is -1.29. The molecule has 3 heterocycles. The van der Waals surface area contributed by atoms with Gasteiger partial charge in [-0.1, -0.05) is 41.9 Å². The van der Waals surface area contributed by atoms with E-state index in [4.69, 9.17) is 20.8 Å². The predicted molar refractivity (Wildman–Crippen MR) is 168 cm³/mol. The number of aromatic nitrogens is 1. The molecule has 2 aromatic carbocycles. The molecule has 5 atom stereocenters. The number of carbonyl (C=O) groups excluding carboxylic acids is 3. The van der Waals surface area contributed by atoms with Crippen molar-refractivity contribution in [1.29, 1.82) is 0 Å². The molecule has 2 aliphatic heterocycles. The molecule has 1 aromatic heterocycles. The standard InChI is InChI=1S/C32H37ClN4O7S/c1-18-7-6-9-23(33)22(18)14-35-30(41)28-32(2,3)45-17-37(28)31(42)24(38)12-19(11-20-13-34-16-44-20)29(40)36-27-21-8-4-5-10-26(21)43-15-25(27)39/h4-10,13,16,19,24-25,27-28,38-39H,11-12,14-15,17H2,1-3H3,(H,35,41)(H,36,40)/t19-,24+,25-,27+,28-/m1/s1. The first kappa shape index (κ1) is 32.8. The number of fused-ring (bicyclic) bond motifs is 1. The Morgan fingerprint density at radius 2 is 1.98 bits per heavy atom. The number of oxazole rings is 1. The van der Waals surface area contributed by atoms with Gasteiger partial charge in [0.25, 0.3) is 5.91 Å². The molecule has 3 aromatic rings. The number of amides is 3. The third-order valence-electron chi connectivity index (χ3n) is 8.31. The molecule has 0 saturated carbocycles. The molecule has 5 rings (SSSR count). The largest absolute Gasteiger partial charge is 0.490 e. The Kier molecular flexibility index (Phi) is 10.1. The number of aliphatic hydroxyl groups is 2. The highest BCUT2D eigenvalue weighted by Gasteiger charge is 2.49. The molecule has 1 saturated heterocycles. The molecule has 45 heavy (non-hydrogen) atoms. The third-order valence-corrected chi connectivity index (χ3v) is 10.0. The maximum atomic E-state index is 13.7. The number of carbonyl (C=O) groups is 3. The molecule has 4 N–H and O–H groups in total. The van der Waals surface area contributed by atoms with Gasteiger partial charge in [0.1, 0.15) is 36.4 Å². The quantitative estimate of drug-likeness (QED) is 0.258. The van der Waals surface area contributed by atoms with Gasteiger partial charge in [-0.25, -0.2) is 4.98 Å². The molecule has 13 heteroatoms. The SMILES string of the molecule is Cc1cccc(Cl)c1CNC(=O)[C@H]1N(C(=O)[C@@H](O)C[C@@H](Cc2cnco2)C(=O)N[C@H]2c3ccccc3OC[C@H]2O)CSC1(C)C. The molecule has 3 amide bonds. The van der Waals surface area contributed by atoms with Gasteiger partial charge in [0.05, 0.1) is 18.1 Å². The Hall–Kier alpha value is -3.58. The second-order valence-electron chi connectivity index (χ2n) is 11.9. The van der Waals surface area contributed by atoms with Crippen LogP contribution < -0.4 is 15.4 Å². The van der Waals surface area contributed by atoms with E-state index in [1.54, 1.807) is 30.3 Å². The summed E-state index contributed by atoms with van der Waals surface area (Å²) in [7, 11) is 0. The lowest BCUT2D eigenvalue weighted by Gasteiger charge is -2.33. The molecule has 0 bridgehead atoms. The Bertz CT molecular complexity index is 1520. The molecule has 240 valence electrons. The van der Waals surface area contributed by atoms with E-state index < -0.39 is 46.8 Å². The number of benzene rings is 2. The summed E-state index contributed by atoms with van der Waals surface area (Å²) in [4.78, 5) is 46.2. The van der Waals surface area contributed by atoms with Crippen molar-refractivity contribution in [2.75, 3.05) is 12.5 Å². The number of aryl methyl sites for hydroxylation is 1. The molecule has 0 spiro atoms. The Morgan fingerprint density at radius 1 is 1.20 bits per heavy atom. The maximum Gasteiger partial charge on any atom is 0.252 e. The number of rotatable bonds is 10. The lowest BCUT2D eigenvalue weighted by molar-refractivity contribution is -0.147. The molecular weight excluding hydrogens is 620 g/mol. The second-order valence-corrected chi connectivity index (χ2v) is 13.9. The van der Waals surface area contributed by atoms with E-state index in [0.29, 0.717) is 22.1 Å². The van der Waals surface area contributed by atoms with Crippen molar-refractivity contribution in [2.24, 2.45) is 5.92 Å². The predicted octanol–water partition coefficient (Wildman–Crippen LogP) is 3.15. The first-order valence-electron chi connectivity index (χ1n) is 14.7. The number of hydrogen-bond donors (Lipinski definition) is 4. The number of hydrogen-bond acceptors (Lipinski definition) is 9. The second kappa shape index (κ2) is 13.8. The molecule has 11 nitrogen and oxygen atoms in total. The smallest absolute Gasteiger partial charge is 0.252 e. The summed E-state index contributed by atoms with van der Waals surface area (Å²) >= 11 is 7.78. The summed E-state index contributed by atoms with van der Waals surface area (Å²) in [6.45, 7) is 5.84. The number of thioether (sulfide) groups is 1. The van der Waals surface area contributed by atoms with Crippen molar-refractivity contribution >= 4 is 41.1 Å². The van der Waals surface area contributed by atoms with Crippen molar-refractivity contribution in [3.8, 4) is 5.75 Å². The Balaban J connectivity index is 1.31. The monoisotopic (exact) mass is 656 g/mol. The van der Waals surface area contributed by atoms with E-state index in [1.807, 2.05) is 32.9 Å². The zero-order valence-electron chi connectivity index (χ0n) is 25.2. The number of nitrogens with zero attached hydrogens (tertiary/aromatic N) is 2. The van der Waals surface area contributed by atoms with Crippen LogP contribution in [0.4, 0.5) is 0 Å². The van der Waals surface area contributed by atoms with Crippen molar-refractivity contribution in [1.82, 2.24) is 20.5 Å². The highest BCUT2D eigenvalue weighted by molar-refractivity contribution is 8.00. The average Bonchev–Trinajstić information content (AvgIpc) is 3.64. The highest BCUT2D eigenvalue weighted by Crippen LogP contribution is 2.40. The van der Waals surface area contributed by atoms with Gasteiger partial charge in [0.15, 0.2) is 6.39 Å². The van der Waals surface area contributed by atoms with Gasteiger partial charge in [-0.3, -0.25) is 14.4 Å². The van der Waals surface area contributed by atoms with Crippen LogP contribution in [0.15, 0.2) is 59.5 Å². The van der Waals surface area contributed by atoms with Gasteiger partial charge in [-0.15, -0.1) is 11.8 Å². The zero-order valence-corrected chi connectivity index (χ0v) is 26.8. The van der Waals surface area contributed by atoms with Gasteiger partial charge in [-0.05, 0) is 50.5 Å². The number of nitrogens with one attached hydrogen (secondary N) is 2. The lowest BCUT2D eigenvalue weighted by Crippen LogP contribution is -2.55. The van der Waals surface area contributed by atoms with Crippen LogP contribution in [-0.4, -0.2) is 73.3 Å². The van der Waals surface area contributed by atoms with Crippen LogP contribution in [0, 0.1) is 12.8 Å². The maximum absolute atomic E-state index is 13.7. The first-order valence-corrected chi connectivity index (χ1v) is 16.0. The number of aliphatic hydroxyl groups excluding tert-OH is 2. The molecular formula is C32H37ClN4O7S. The van der Waals surface area contributed by atoms with Gasteiger partial charge in [0.2, 0.25) is 11.8 Å². The fraction of sp³-hybridized carbons (Fsp3) is 0.438. The van der Waals surface area contributed by atoms with E-state index in [1.165, 1.54) is 29.3 Å². The zero-order chi connectivity index (χ0) is 32.3. The van der Waals surface area contributed by atoms with Crippen LogP contribution in [0.5, 0.6) is 5.75 Å². The average molecular weight is 657 g/mol. The van der Waals surface area contributed by atoms with Gasteiger partial charge >= 0.3 is 0 Å². The van der Waals surface area contributed by atoms with E-state index in [2.05, 4.69) is 15.6 Å². The van der Waals surface area contributed by atoms with E-state index >= 15 is 0 Å². The molecule has 0 aliphatic carbocycles.